The van der Waals surface area contributed by atoms with E-state index < -0.39 is 5.92 Å². The molecule has 1 aromatic heterocycles. The minimum absolute atomic E-state index is 0.230. The Bertz CT molecular complexity index is 833. The largest absolute Gasteiger partial charge is 0.325 e. The smallest absolute Gasteiger partial charge is 0.235 e. The highest BCUT2D eigenvalue weighted by molar-refractivity contribution is 5.96. The minimum atomic E-state index is -0.630. The van der Waals surface area contributed by atoms with Crippen LogP contribution >= 0.6 is 0 Å². The fourth-order valence-electron chi connectivity index (χ4n) is 2.64. The lowest BCUT2D eigenvalue weighted by molar-refractivity contribution is -0.117. The normalized spacial score (nSPS) is 11.9. The lowest BCUT2D eigenvalue weighted by Gasteiger charge is -2.15. The lowest BCUT2D eigenvalue weighted by Crippen LogP contribution is -2.24. The number of H-pyrrole nitrogens is 1. The van der Waals surface area contributed by atoms with Gasteiger partial charge in [0, 0.05) is 5.69 Å². The second kappa shape index (κ2) is 7.65. The van der Waals surface area contributed by atoms with Gasteiger partial charge in [-0.25, -0.2) is 4.39 Å². The zero-order valence-corrected chi connectivity index (χ0v) is 13.7. The number of aromatic amines is 1. The predicted octanol–water partition coefficient (Wildman–Crippen LogP) is 2.87. The van der Waals surface area contributed by atoms with Crippen molar-refractivity contribution in [1.29, 1.82) is 0 Å². The van der Waals surface area contributed by atoms with Crippen LogP contribution < -0.4 is 5.32 Å². The summed E-state index contributed by atoms with van der Waals surface area (Å²) in [6, 6.07) is 13.7. The van der Waals surface area contributed by atoms with Crippen LogP contribution in [-0.4, -0.2) is 26.5 Å². The molecule has 1 unspecified atom stereocenters. The number of hydrogen-bond acceptors (Lipinski definition) is 4. The number of rotatable bonds is 6. The lowest BCUT2D eigenvalue weighted by atomic mass is 9.97. The summed E-state index contributed by atoms with van der Waals surface area (Å²) in [6.45, 7) is 2.03. The maximum Gasteiger partial charge on any atom is 0.235 e. The zero-order chi connectivity index (χ0) is 17.6. The number of nitrogens with one attached hydrogen (secondary N) is 2. The van der Waals surface area contributed by atoms with E-state index in [9.17, 15) is 9.18 Å². The molecule has 3 rings (SSSR count). The van der Waals surface area contributed by atoms with Gasteiger partial charge in [0.15, 0.2) is 5.82 Å². The van der Waals surface area contributed by atoms with Crippen molar-refractivity contribution >= 4 is 11.6 Å². The molecular formula is C18H18FN5O. The number of nitrogens with zero attached hydrogens (tertiary/aromatic N) is 3. The molecule has 0 spiro atoms. The maximum atomic E-state index is 13.1. The van der Waals surface area contributed by atoms with Gasteiger partial charge in [0.05, 0.1) is 0 Å². The Balaban J connectivity index is 1.84. The Labute approximate surface area is 144 Å². The van der Waals surface area contributed by atoms with E-state index in [4.69, 9.17) is 0 Å². The van der Waals surface area contributed by atoms with Gasteiger partial charge >= 0.3 is 0 Å². The van der Waals surface area contributed by atoms with Crippen molar-refractivity contribution in [2.75, 3.05) is 5.32 Å². The van der Waals surface area contributed by atoms with Gasteiger partial charge in [-0.15, -0.1) is 10.2 Å². The van der Waals surface area contributed by atoms with Crippen LogP contribution in [0.2, 0.25) is 0 Å². The third kappa shape index (κ3) is 4.06. The molecular weight excluding hydrogens is 321 g/mol. The van der Waals surface area contributed by atoms with E-state index in [2.05, 4.69) is 25.9 Å². The second-order valence-electron chi connectivity index (χ2n) is 5.65. The van der Waals surface area contributed by atoms with Crippen molar-refractivity contribution in [3.8, 4) is 0 Å². The minimum Gasteiger partial charge on any atom is -0.325 e. The molecule has 25 heavy (non-hydrogen) atoms. The number of aromatic nitrogens is 4. The summed E-state index contributed by atoms with van der Waals surface area (Å²) in [5.41, 5.74) is 2.63. The molecule has 0 saturated carbocycles. The highest BCUT2D eigenvalue weighted by atomic mass is 19.1. The predicted molar refractivity (Wildman–Crippen MR) is 91.5 cm³/mol. The summed E-state index contributed by atoms with van der Waals surface area (Å²) in [5, 5.41) is 16.8. The van der Waals surface area contributed by atoms with Gasteiger partial charge < -0.3 is 5.32 Å². The summed E-state index contributed by atoms with van der Waals surface area (Å²) in [7, 11) is 0. The molecule has 0 aliphatic heterocycles. The Morgan fingerprint density at radius 2 is 1.96 bits per heavy atom. The summed E-state index contributed by atoms with van der Waals surface area (Å²) < 4.78 is 13.1. The molecule has 0 aliphatic rings. The molecule has 0 aliphatic carbocycles. The number of anilines is 1. The summed E-state index contributed by atoms with van der Waals surface area (Å²) in [4.78, 5) is 12.8. The van der Waals surface area contributed by atoms with E-state index in [1.54, 1.807) is 12.1 Å². The molecule has 7 heteroatoms. The third-order valence-electron chi connectivity index (χ3n) is 4.00. The van der Waals surface area contributed by atoms with E-state index in [0.29, 0.717) is 12.2 Å². The molecule has 1 heterocycles. The number of halogens is 1. The van der Waals surface area contributed by atoms with Gasteiger partial charge in [-0.1, -0.05) is 42.5 Å². The van der Waals surface area contributed by atoms with Crippen LogP contribution in [0.5, 0.6) is 0 Å². The van der Waals surface area contributed by atoms with Gasteiger partial charge in [0.25, 0.3) is 0 Å². The van der Waals surface area contributed by atoms with Crippen LogP contribution in [0.1, 0.15) is 29.8 Å². The first-order chi connectivity index (χ1) is 12.2. The monoisotopic (exact) mass is 339 g/mol. The van der Waals surface area contributed by atoms with Crippen LogP contribution in [0, 0.1) is 5.82 Å². The first-order valence-electron chi connectivity index (χ1n) is 8.04. The topological polar surface area (TPSA) is 83.6 Å². The summed E-state index contributed by atoms with van der Waals surface area (Å²) >= 11 is 0. The van der Waals surface area contributed by atoms with Crippen molar-refractivity contribution in [1.82, 2.24) is 20.6 Å². The quantitative estimate of drug-likeness (QED) is 0.723. The van der Waals surface area contributed by atoms with Crippen molar-refractivity contribution in [2.24, 2.45) is 0 Å². The Hall–Kier alpha value is -3.09. The number of hydrogen-bond donors (Lipinski definition) is 2. The first-order valence-corrected chi connectivity index (χ1v) is 8.04. The SMILES string of the molecule is CCc1ccccc1NC(=O)C(Cc1ccc(F)cc1)c1nn[nH]n1. The highest BCUT2D eigenvalue weighted by Gasteiger charge is 2.26. The van der Waals surface area contributed by atoms with Gasteiger partial charge in [-0.2, -0.15) is 5.21 Å². The molecule has 2 N–H and O–H groups in total. The van der Waals surface area contributed by atoms with E-state index in [-0.39, 0.29) is 11.7 Å². The third-order valence-corrected chi connectivity index (χ3v) is 4.00. The van der Waals surface area contributed by atoms with Crippen molar-refractivity contribution in [3.63, 3.8) is 0 Å². The molecule has 128 valence electrons. The molecule has 0 radical (unpaired) electrons. The average Bonchev–Trinajstić information content (AvgIpc) is 3.16. The molecule has 0 fully saturated rings. The second-order valence-corrected chi connectivity index (χ2v) is 5.65. The molecule has 0 saturated heterocycles. The fraction of sp³-hybridized carbons (Fsp3) is 0.222. The van der Waals surface area contributed by atoms with Crippen LogP contribution in [0.15, 0.2) is 48.5 Å². The van der Waals surface area contributed by atoms with Crippen molar-refractivity contribution in [3.05, 3.63) is 71.3 Å². The number of tetrazole rings is 1. The number of carbonyl (C=O) groups excluding carboxylic acids is 1. The Morgan fingerprint density at radius 1 is 1.20 bits per heavy atom. The molecule has 3 aromatic rings. The Morgan fingerprint density at radius 3 is 2.64 bits per heavy atom. The van der Waals surface area contributed by atoms with E-state index in [0.717, 1.165) is 23.2 Å². The van der Waals surface area contributed by atoms with Crippen LogP contribution in [0.3, 0.4) is 0 Å². The van der Waals surface area contributed by atoms with Crippen LogP contribution in [0.4, 0.5) is 10.1 Å². The van der Waals surface area contributed by atoms with Gasteiger partial charge in [-0.05, 0) is 42.2 Å². The molecule has 6 nitrogen and oxygen atoms in total. The highest BCUT2D eigenvalue weighted by Crippen LogP contribution is 2.22. The van der Waals surface area contributed by atoms with E-state index >= 15 is 0 Å². The number of para-hydroxylation sites is 1. The van der Waals surface area contributed by atoms with E-state index in [1.807, 2.05) is 31.2 Å². The van der Waals surface area contributed by atoms with Gasteiger partial charge in [0.1, 0.15) is 11.7 Å². The van der Waals surface area contributed by atoms with Gasteiger partial charge in [0.2, 0.25) is 5.91 Å². The molecule has 0 bridgehead atoms. The average molecular weight is 339 g/mol. The molecule has 1 atom stereocenters. The first kappa shape index (κ1) is 16.8. The molecule has 2 aromatic carbocycles. The fourth-order valence-corrected chi connectivity index (χ4v) is 2.64. The van der Waals surface area contributed by atoms with E-state index in [1.165, 1.54) is 12.1 Å². The van der Waals surface area contributed by atoms with Crippen LogP contribution in [0.25, 0.3) is 0 Å². The number of carbonyl (C=O) groups is 1. The summed E-state index contributed by atoms with van der Waals surface area (Å²) in [5.74, 6) is -0.877. The summed E-state index contributed by atoms with van der Waals surface area (Å²) in [6.07, 6.45) is 1.15. The van der Waals surface area contributed by atoms with Crippen LogP contribution in [-0.2, 0) is 17.6 Å². The number of benzene rings is 2. The number of amides is 1. The Kier molecular flexibility index (Phi) is 5.13. The molecule has 1 amide bonds. The maximum absolute atomic E-state index is 13.1. The van der Waals surface area contributed by atoms with Gasteiger partial charge in [-0.3, -0.25) is 4.79 Å². The van der Waals surface area contributed by atoms with Crippen molar-refractivity contribution < 1.29 is 9.18 Å². The standard InChI is InChI=1S/C18H18FN5O/c1-2-13-5-3-4-6-16(13)20-18(25)15(17-21-23-24-22-17)11-12-7-9-14(19)10-8-12/h3-10,15H,2,11H2,1H3,(H,20,25)(H,21,22,23,24). The number of aryl methyl sites for hydroxylation is 1. The van der Waals surface area contributed by atoms with Crippen molar-refractivity contribution in [2.45, 2.75) is 25.7 Å². The zero-order valence-electron chi connectivity index (χ0n) is 13.7.